The van der Waals surface area contributed by atoms with Gasteiger partial charge in [0.05, 0.1) is 23.5 Å². The molecule has 2 aliphatic heterocycles. The Morgan fingerprint density at radius 2 is 1.89 bits per heavy atom. The van der Waals surface area contributed by atoms with Crippen LogP contribution in [-0.2, 0) is 14.6 Å². The van der Waals surface area contributed by atoms with E-state index >= 15 is 0 Å². The van der Waals surface area contributed by atoms with E-state index in [1.54, 1.807) is 49.4 Å². The van der Waals surface area contributed by atoms with Crippen LogP contribution in [0, 0.1) is 5.41 Å². The van der Waals surface area contributed by atoms with Gasteiger partial charge >= 0.3 is 5.97 Å². The Labute approximate surface area is 205 Å². The van der Waals surface area contributed by atoms with Gasteiger partial charge in [0.1, 0.15) is 0 Å². The van der Waals surface area contributed by atoms with Crippen LogP contribution in [-0.4, -0.2) is 53.0 Å². The van der Waals surface area contributed by atoms with Crippen LogP contribution in [0.2, 0.25) is 0 Å². The van der Waals surface area contributed by atoms with Gasteiger partial charge in [-0.15, -0.1) is 5.10 Å². The van der Waals surface area contributed by atoms with Gasteiger partial charge in [0.2, 0.25) is 19.4 Å². The summed E-state index contributed by atoms with van der Waals surface area (Å²) < 4.78 is 35.2. The van der Waals surface area contributed by atoms with Crippen LogP contribution >= 0.6 is 11.8 Å². The van der Waals surface area contributed by atoms with E-state index in [1.165, 1.54) is 19.1 Å². The molecule has 1 amide bonds. The van der Waals surface area contributed by atoms with Crippen LogP contribution in [0.15, 0.2) is 64.2 Å². The highest BCUT2D eigenvalue weighted by Gasteiger charge is 2.39. The number of carbonyl (C=O) groups is 2. The fourth-order valence-electron chi connectivity index (χ4n) is 3.09. The smallest absolute Gasteiger partial charge is 0.343 e. The largest absolute Gasteiger partial charge is 0.490 e. The average molecular weight is 513 g/mol. The summed E-state index contributed by atoms with van der Waals surface area (Å²) >= 11 is 0.737. The maximum Gasteiger partial charge on any atom is 0.343 e. The lowest BCUT2D eigenvalue weighted by Gasteiger charge is -2.20. The van der Waals surface area contributed by atoms with Crippen LogP contribution in [0.25, 0.3) is 6.08 Å². The molecule has 0 radical (unpaired) electrons. The van der Waals surface area contributed by atoms with Crippen molar-refractivity contribution in [3.8, 4) is 11.5 Å². The zero-order valence-electron chi connectivity index (χ0n) is 18.7. The number of esters is 1. The summed E-state index contributed by atoms with van der Waals surface area (Å²) in [6.07, 6.45) is 1.42. The maximum absolute atomic E-state index is 12.6. The van der Waals surface area contributed by atoms with Crippen molar-refractivity contribution in [1.29, 1.82) is 5.41 Å². The summed E-state index contributed by atoms with van der Waals surface area (Å²) in [5.41, 5.74) is 0.784. The number of ether oxygens (including phenoxy) is 2. The van der Waals surface area contributed by atoms with E-state index in [1.807, 2.05) is 0 Å². The molecule has 35 heavy (non-hydrogen) atoms. The van der Waals surface area contributed by atoms with Gasteiger partial charge in [0.15, 0.2) is 17.3 Å². The number of nitrogens with one attached hydrogen (secondary N) is 1. The minimum Gasteiger partial charge on any atom is -0.490 e. The number of aliphatic imine (C=N–C) groups is 1. The van der Waals surface area contributed by atoms with Crippen molar-refractivity contribution in [1.82, 2.24) is 5.01 Å². The molecule has 0 atom stereocenters. The first-order valence-electron chi connectivity index (χ1n) is 10.5. The SMILES string of the molecule is CCOc1cc(/C=C2/C(=N)N3N=C(S(=O)(=O)CC)SC3=NC2=O)ccc1OC(=O)c1ccccc1. The predicted octanol–water partition coefficient (Wildman–Crippen LogP) is 3.32. The molecule has 0 saturated heterocycles. The van der Waals surface area contributed by atoms with Gasteiger partial charge in [-0.05, 0) is 54.6 Å². The Kier molecular flexibility index (Phi) is 6.85. The first-order chi connectivity index (χ1) is 16.7. The van der Waals surface area contributed by atoms with Gasteiger partial charge in [0.25, 0.3) is 5.91 Å². The van der Waals surface area contributed by atoms with E-state index in [4.69, 9.17) is 14.9 Å². The fraction of sp³-hybridized carbons (Fsp3) is 0.174. The Hall–Kier alpha value is -3.77. The molecule has 12 heteroatoms. The molecule has 2 aromatic rings. The van der Waals surface area contributed by atoms with Crippen LogP contribution < -0.4 is 9.47 Å². The molecule has 180 valence electrons. The average Bonchev–Trinajstić information content (AvgIpc) is 3.29. The van der Waals surface area contributed by atoms with E-state index < -0.39 is 21.7 Å². The molecule has 1 N–H and O–H groups in total. The summed E-state index contributed by atoms with van der Waals surface area (Å²) in [5, 5.41) is 13.4. The highest BCUT2D eigenvalue weighted by Crippen LogP contribution is 2.33. The highest BCUT2D eigenvalue weighted by molar-refractivity contribution is 8.42. The minimum absolute atomic E-state index is 0.0161. The Morgan fingerprint density at radius 3 is 2.57 bits per heavy atom. The number of hydrogen-bond acceptors (Lipinski definition) is 9. The van der Waals surface area contributed by atoms with Crippen molar-refractivity contribution in [3.63, 3.8) is 0 Å². The van der Waals surface area contributed by atoms with Gasteiger partial charge < -0.3 is 9.47 Å². The normalized spacial score (nSPS) is 16.6. The molecular formula is C23H20N4O6S2. The summed E-state index contributed by atoms with van der Waals surface area (Å²) in [6.45, 7) is 3.55. The third-order valence-electron chi connectivity index (χ3n) is 4.87. The van der Waals surface area contributed by atoms with E-state index in [-0.39, 0.29) is 38.2 Å². The van der Waals surface area contributed by atoms with E-state index in [0.717, 1.165) is 16.8 Å². The number of carbonyl (C=O) groups excluding carboxylic acids is 2. The number of nitrogens with zero attached hydrogens (tertiary/aromatic N) is 3. The first-order valence-corrected chi connectivity index (χ1v) is 13.0. The number of hydrazone groups is 1. The second-order valence-electron chi connectivity index (χ2n) is 7.18. The van der Waals surface area contributed by atoms with Crippen molar-refractivity contribution in [2.75, 3.05) is 12.4 Å². The Morgan fingerprint density at radius 1 is 1.14 bits per heavy atom. The van der Waals surface area contributed by atoms with Crippen molar-refractivity contribution in [3.05, 3.63) is 65.2 Å². The molecule has 0 aromatic heterocycles. The van der Waals surface area contributed by atoms with Crippen LogP contribution in [0.1, 0.15) is 29.8 Å². The number of hydrogen-bond donors (Lipinski definition) is 1. The molecule has 10 nitrogen and oxygen atoms in total. The van der Waals surface area contributed by atoms with Gasteiger partial charge in [0, 0.05) is 0 Å². The third-order valence-corrected chi connectivity index (χ3v) is 7.96. The molecule has 0 saturated carbocycles. The monoisotopic (exact) mass is 512 g/mol. The number of amides is 1. The second-order valence-corrected chi connectivity index (χ2v) is 10.6. The third kappa shape index (κ3) is 5.03. The molecular weight excluding hydrogens is 492 g/mol. The summed E-state index contributed by atoms with van der Waals surface area (Å²) in [7, 11) is -3.62. The zero-order chi connectivity index (χ0) is 25.2. The van der Waals surface area contributed by atoms with E-state index in [9.17, 15) is 18.0 Å². The summed E-state index contributed by atoms with van der Waals surface area (Å²) in [6, 6.07) is 13.2. The molecule has 0 aliphatic carbocycles. The van der Waals surface area contributed by atoms with E-state index in [0.29, 0.717) is 17.7 Å². The number of amidine groups is 2. The molecule has 0 bridgehead atoms. The molecule has 2 heterocycles. The molecule has 2 aliphatic rings. The molecule has 0 fully saturated rings. The minimum atomic E-state index is -3.62. The number of benzene rings is 2. The molecule has 0 unspecified atom stereocenters. The quantitative estimate of drug-likeness (QED) is 0.353. The van der Waals surface area contributed by atoms with E-state index in [2.05, 4.69) is 10.1 Å². The molecule has 2 aromatic carbocycles. The number of thioether (sulfide) groups is 1. The lowest BCUT2D eigenvalue weighted by molar-refractivity contribution is -0.114. The predicted molar refractivity (Wildman–Crippen MR) is 133 cm³/mol. The highest BCUT2D eigenvalue weighted by atomic mass is 32.3. The molecule has 4 rings (SSSR count). The zero-order valence-corrected chi connectivity index (χ0v) is 20.4. The summed E-state index contributed by atoms with van der Waals surface area (Å²) in [5.74, 6) is -1.24. The van der Waals surface area contributed by atoms with Crippen LogP contribution in [0.4, 0.5) is 0 Å². The topological polar surface area (TPSA) is 139 Å². The summed E-state index contributed by atoms with van der Waals surface area (Å²) in [4.78, 5) is 29.0. The Balaban J connectivity index is 1.63. The number of rotatable bonds is 6. The Bertz CT molecular complexity index is 1410. The van der Waals surface area contributed by atoms with Crippen molar-refractivity contribution in [2.45, 2.75) is 13.8 Å². The lowest BCUT2D eigenvalue weighted by atomic mass is 10.1. The maximum atomic E-state index is 12.6. The number of fused-ring (bicyclic) bond motifs is 1. The van der Waals surface area contributed by atoms with Crippen molar-refractivity contribution in [2.24, 2.45) is 10.1 Å². The first kappa shape index (κ1) is 24.4. The van der Waals surface area contributed by atoms with Gasteiger partial charge in [-0.2, -0.15) is 10.0 Å². The van der Waals surface area contributed by atoms with Gasteiger partial charge in [-0.1, -0.05) is 31.2 Å². The van der Waals surface area contributed by atoms with Crippen LogP contribution in [0.5, 0.6) is 11.5 Å². The van der Waals surface area contributed by atoms with Gasteiger partial charge in [-0.25, -0.2) is 13.2 Å². The second kappa shape index (κ2) is 9.84. The van der Waals surface area contributed by atoms with Gasteiger partial charge in [-0.3, -0.25) is 10.2 Å². The standard InChI is InChI=1S/C23H20N4O6S2/c1-3-32-18-13-14(10-11-17(18)33-21(29)15-8-6-5-7-9-15)12-16-19(24)27-22(25-20(16)28)34-23(26-27)35(30,31)4-2/h5-13,24H,3-4H2,1-2H3/b16-12-,24-19?. The lowest BCUT2D eigenvalue weighted by Crippen LogP contribution is -2.35. The molecule has 0 spiro atoms. The van der Waals surface area contributed by atoms with Crippen LogP contribution in [0.3, 0.4) is 0 Å². The van der Waals surface area contributed by atoms with Crippen molar-refractivity contribution < 1.29 is 27.5 Å². The fourth-order valence-corrected chi connectivity index (χ4v) is 5.25. The number of sulfone groups is 1. The van der Waals surface area contributed by atoms with Crippen molar-refractivity contribution >= 4 is 54.9 Å².